The van der Waals surface area contributed by atoms with Gasteiger partial charge in [0.1, 0.15) is 0 Å². The molecule has 102 valence electrons. The van der Waals surface area contributed by atoms with Crippen LogP contribution >= 0.6 is 0 Å². The molecule has 1 aromatic rings. The second kappa shape index (κ2) is 5.74. The topological polar surface area (TPSA) is 41.1 Å². The van der Waals surface area contributed by atoms with Gasteiger partial charge in [-0.25, -0.2) is 0 Å². The molecule has 1 aliphatic heterocycles. The number of rotatable bonds is 4. The molecule has 1 saturated carbocycles. The van der Waals surface area contributed by atoms with E-state index in [0.29, 0.717) is 24.3 Å². The zero-order chi connectivity index (χ0) is 13.1. The Balaban J connectivity index is 1.44. The van der Waals surface area contributed by atoms with Crippen molar-refractivity contribution in [2.75, 3.05) is 13.1 Å². The summed E-state index contributed by atoms with van der Waals surface area (Å²) in [4.78, 5) is 12.0. The van der Waals surface area contributed by atoms with Crippen LogP contribution in [0.5, 0.6) is 0 Å². The van der Waals surface area contributed by atoms with Crippen LogP contribution in [0.1, 0.15) is 37.2 Å². The third-order valence-corrected chi connectivity index (χ3v) is 4.24. The zero-order valence-electron chi connectivity index (χ0n) is 11.3. The minimum absolute atomic E-state index is 0.233. The number of hydrogen-bond donors (Lipinski definition) is 2. The fourth-order valence-corrected chi connectivity index (χ4v) is 3.05. The van der Waals surface area contributed by atoms with Crippen LogP contribution < -0.4 is 10.6 Å². The molecule has 3 nitrogen and oxygen atoms in total. The monoisotopic (exact) mass is 258 g/mol. The van der Waals surface area contributed by atoms with Gasteiger partial charge in [-0.15, -0.1) is 0 Å². The molecule has 1 aliphatic carbocycles. The SMILES string of the molecule is O=C(CC1CCCNC1)NC1CC1c1ccccc1. The Kier molecular flexibility index (Phi) is 3.83. The molecule has 1 aromatic carbocycles. The number of benzene rings is 1. The molecule has 19 heavy (non-hydrogen) atoms. The van der Waals surface area contributed by atoms with E-state index in [1.165, 1.54) is 18.4 Å². The lowest BCUT2D eigenvalue weighted by molar-refractivity contribution is -0.122. The second-order valence-electron chi connectivity index (χ2n) is 5.84. The Hall–Kier alpha value is -1.35. The third-order valence-electron chi connectivity index (χ3n) is 4.24. The van der Waals surface area contributed by atoms with Gasteiger partial charge in [-0.3, -0.25) is 4.79 Å². The van der Waals surface area contributed by atoms with E-state index >= 15 is 0 Å². The van der Waals surface area contributed by atoms with Crippen molar-refractivity contribution in [2.45, 2.75) is 37.6 Å². The number of hydrogen-bond acceptors (Lipinski definition) is 2. The number of carbonyl (C=O) groups is 1. The normalized spacial score (nSPS) is 29.8. The van der Waals surface area contributed by atoms with Crippen LogP contribution in [-0.2, 0) is 4.79 Å². The summed E-state index contributed by atoms with van der Waals surface area (Å²) in [6, 6.07) is 10.9. The first-order chi connectivity index (χ1) is 9.33. The van der Waals surface area contributed by atoms with E-state index < -0.39 is 0 Å². The first-order valence-electron chi connectivity index (χ1n) is 7.38. The predicted molar refractivity (Wildman–Crippen MR) is 75.9 cm³/mol. The Morgan fingerprint density at radius 2 is 2.16 bits per heavy atom. The predicted octanol–water partition coefficient (Wildman–Crippen LogP) is 2.05. The van der Waals surface area contributed by atoms with Gasteiger partial charge in [0.2, 0.25) is 5.91 Å². The summed E-state index contributed by atoms with van der Waals surface area (Å²) in [6.45, 7) is 2.11. The van der Waals surface area contributed by atoms with Gasteiger partial charge in [-0.1, -0.05) is 30.3 Å². The summed E-state index contributed by atoms with van der Waals surface area (Å²) in [6.07, 6.45) is 4.17. The van der Waals surface area contributed by atoms with Crippen molar-refractivity contribution in [1.29, 1.82) is 0 Å². The highest BCUT2D eigenvalue weighted by Crippen LogP contribution is 2.40. The van der Waals surface area contributed by atoms with Crippen LogP contribution in [0, 0.1) is 5.92 Å². The average Bonchev–Trinajstić information content (AvgIpc) is 3.20. The van der Waals surface area contributed by atoms with Crippen molar-refractivity contribution in [3.8, 4) is 0 Å². The number of piperidine rings is 1. The van der Waals surface area contributed by atoms with Crippen LogP contribution in [-0.4, -0.2) is 25.0 Å². The largest absolute Gasteiger partial charge is 0.353 e. The molecule has 3 atom stereocenters. The van der Waals surface area contributed by atoms with Crippen molar-refractivity contribution >= 4 is 5.91 Å². The molecular formula is C16H22N2O. The summed E-state index contributed by atoms with van der Waals surface area (Å²) < 4.78 is 0. The highest BCUT2D eigenvalue weighted by Gasteiger charge is 2.39. The lowest BCUT2D eigenvalue weighted by Gasteiger charge is -2.22. The minimum atomic E-state index is 0.233. The van der Waals surface area contributed by atoms with Gasteiger partial charge in [0.05, 0.1) is 0 Å². The lowest BCUT2D eigenvalue weighted by atomic mass is 9.96. The van der Waals surface area contributed by atoms with Crippen LogP contribution in [0.15, 0.2) is 30.3 Å². The summed E-state index contributed by atoms with van der Waals surface area (Å²) in [7, 11) is 0. The van der Waals surface area contributed by atoms with Crippen LogP contribution in [0.4, 0.5) is 0 Å². The van der Waals surface area contributed by atoms with Crippen molar-refractivity contribution in [2.24, 2.45) is 5.92 Å². The standard InChI is InChI=1S/C16H22N2O/c19-16(9-12-5-4-8-17-11-12)18-15-10-14(15)13-6-2-1-3-7-13/h1-3,6-7,12,14-15,17H,4-5,8-11H2,(H,18,19). The van der Waals surface area contributed by atoms with Crippen molar-refractivity contribution in [3.63, 3.8) is 0 Å². The lowest BCUT2D eigenvalue weighted by Crippen LogP contribution is -2.35. The van der Waals surface area contributed by atoms with E-state index in [2.05, 4.69) is 34.9 Å². The zero-order valence-corrected chi connectivity index (χ0v) is 11.3. The van der Waals surface area contributed by atoms with E-state index in [4.69, 9.17) is 0 Å². The maximum atomic E-state index is 12.0. The summed E-state index contributed by atoms with van der Waals surface area (Å²) in [5, 5.41) is 6.55. The second-order valence-corrected chi connectivity index (χ2v) is 5.84. The molecule has 3 unspecified atom stereocenters. The first-order valence-corrected chi connectivity index (χ1v) is 7.38. The van der Waals surface area contributed by atoms with Gasteiger partial charge in [0, 0.05) is 18.4 Å². The van der Waals surface area contributed by atoms with Crippen LogP contribution in [0.3, 0.4) is 0 Å². The quantitative estimate of drug-likeness (QED) is 0.868. The van der Waals surface area contributed by atoms with Crippen molar-refractivity contribution in [3.05, 3.63) is 35.9 Å². The molecule has 2 aliphatic rings. The fourth-order valence-electron chi connectivity index (χ4n) is 3.05. The minimum Gasteiger partial charge on any atom is -0.353 e. The Bertz CT molecular complexity index is 426. The highest BCUT2D eigenvalue weighted by molar-refractivity contribution is 5.77. The Morgan fingerprint density at radius 1 is 1.32 bits per heavy atom. The molecule has 0 radical (unpaired) electrons. The molecule has 3 rings (SSSR count). The van der Waals surface area contributed by atoms with Crippen molar-refractivity contribution in [1.82, 2.24) is 10.6 Å². The van der Waals surface area contributed by atoms with Gasteiger partial charge in [0.15, 0.2) is 0 Å². The molecule has 0 aromatic heterocycles. The van der Waals surface area contributed by atoms with Gasteiger partial charge in [0.25, 0.3) is 0 Å². The van der Waals surface area contributed by atoms with Crippen molar-refractivity contribution < 1.29 is 4.79 Å². The summed E-state index contributed by atoms with van der Waals surface area (Å²) in [5.41, 5.74) is 1.35. The average molecular weight is 258 g/mol. The van der Waals surface area contributed by atoms with E-state index in [0.717, 1.165) is 19.5 Å². The van der Waals surface area contributed by atoms with E-state index in [1.54, 1.807) is 0 Å². The maximum absolute atomic E-state index is 12.0. The number of carbonyl (C=O) groups excluding carboxylic acids is 1. The number of nitrogens with one attached hydrogen (secondary N) is 2. The molecule has 1 saturated heterocycles. The fraction of sp³-hybridized carbons (Fsp3) is 0.562. The van der Waals surface area contributed by atoms with Gasteiger partial charge < -0.3 is 10.6 Å². The van der Waals surface area contributed by atoms with E-state index in [1.807, 2.05) is 6.07 Å². The molecule has 2 N–H and O–H groups in total. The Morgan fingerprint density at radius 3 is 2.89 bits per heavy atom. The maximum Gasteiger partial charge on any atom is 0.220 e. The smallest absolute Gasteiger partial charge is 0.220 e. The third kappa shape index (κ3) is 3.35. The molecular weight excluding hydrogens is 236 g/mol. The van der Waals surface area contributed by atoms with Gasteiger partial charge >= 0.3 is 0 Å². The van der Waals surface area contributed by atoms with E-state index in [9.17, 15) is 4.79 Å². The summed E-state index contributed by atoms with van der Waals surface area (Å²) >= 11 is 0. The first kappa shape index (κ1) is 12.7. The van der Waals surface area contributed by atoms with Gasteiger partial charge in [-0.05, 0) is 43.8 Å². The molecule has 1 heterocycles. The molecule has 2 fully saturated rings. The molecule has 0 spiro atoms. The molecule has 0 bridgehead atoms. The summed E-state index contributed by atoms with van der Waals surface area (Å²) in [5.74, 6) is 1.30. The Labute approximate surface area is 114 Å². The van der Waals surface area contributed by atoms with E-state index in [-0.39, 0.29) is 5.91 Å². The number of amides is 1. The van der Waals surface area contributed by atoms with Gasteiger partial charge in [-0.2, -0.15) is 0 Å². The molecule has 3 heteroatoms. The van der Waals surface area contributed by atoms with Crippen LogP contribution in [0.25, 0.3) is 0 Å². The van der Waals surface area contributed by atoms with Crippen LogP contribution in [0.2, 0.25) is 0 Å². The molecule has 1 amide bonds. The highest BCUT2D eigenvalue weighted by atomic mass is 16.1.